The van der Waals surface area contributed by atoms with E-state index in [1.807, 2.05) is 0 Å². The first-order chi connectivity index (χ1) is 22.7. The molecule has 0 N–H and O–H groups in total. The summed E-state index contributed by atoms with van der Waals surface area (Å²) in [4.78, 5) is 0. The van der Waals surface area contributed by atoms with Gasteiger partial charge < -0.3 is 0 Å². The number of hydrogen-bond acceptors (Lipinski definition) is 0. The Kier molecular flexibility index (Phi) is 6.87. The van der Waals surface area contributed by atoms with E-state index in [-0.39, 0.29) is 10.8 Å². The Bertz CT molecular complexity index is 1970. The fraction of sp³-hybridized carbons (Fsp3) is 0.217. The second kappa shape index (κ2) is 10.8. The topological polar surface area (TPSA) is 0 Å². The van der Waals surface area contributed by atoms with Crippen LogP contribution in [0.5, 0.6) is 0 Å². The first-order valence-corrected chi connectivity index (χ1v) is 19.3. The fourth-order valence-electron chi connectivity index (χ4n) is 9.14. The molecule has 0 unspecified atom stereocenters. The smallest absolute Gasteiger partial charge is 0.0623 e. The number of rotatable bonds is 6. The van der Waals surface area contributed by atoms with Crippen LogP contribution >= 0.6 is 0 Å². The molecule has 232 valence electrons. The lowest BCUT2D eigenvalue weighted by atomic mass is 9.71. The highest BCUT2D eigenvalue weighted by molar-refractivity contribution is 7.19. The predicted molar refractivity (Wildman–Crippen MR) is 204 cm³/mol. The van der Waals surface area contributed by atoms with Crippen molar-refractivity contribution in [3.05, 3.63) is 168 Å². The zero-order valence-corrected chi connectivity index (χ0v) is 29.5. The van der Waals surface area contributed by atoms with E-state index < -0.39 is 8.07 Å². The van der Waals surface area contributed by atoms with Gasteiger partial charge in [-0.05, 0) is 77.1 Å². The highest BCUT2D eigenvalue weighted by atomic mass is 28.3. The molecule has 0 spiro atoms. The minimum Gasteiger partial charge on any atom is -0.0623 e. The Labute approximate surface area is 282 Å². The summed E-state index contributed by atoms with van der Waals surface area (Å²) < 4.78 is 0. The molecule has 6 aromatic carbocycles. The molecule has 2 aliphatic rings. The van der Waals surface area contributed by atoms with Crippen LogP contribution in [0.4, 0.5) is 0 Å². The third kappa shape index (κ3) is 3.99. The maximum absolute atomic E-state index is 2.79. The molecular formula is C46H44Si. The van der Waals surface area contributed by atoms with Crippen LogP contribution < -0.4 is 20.7 Å². The van der Waals surface area contributed by atoms with Crippen molar-refractivity contribution < 1.29 is 0 Å². The molecule has 8 rings (SSSR count). The molecule has 0 saturated carbocycles. The molecule has 0 radical (unpaired) electrons. The summed E-state index contributed by atoms with van der Waals surface area (Å²) in [7, 11) is -2.79. The molecule has 0 saturated heterocycles. The van der Waals surface area contributed by atoms with Crippen LogP contribution in [0, 0.1) is 11.8 Å². The summed E-state index contributed by atoms with van der Waals surface area (Å²) in [5.74, 6) is 0.907. The largest absolute Gasteiger partial charge is 0.179 e. The van der Waals surface area contributed by atoms with Gasteiger partial charge in [0.2, 0.25) is 0 Å². The van der Waals surface area contributed by atoms with Gasteiger partial charge in [-0.25, -0.2) is 0 Å². The van der Waals surface area contributed by atoms with E-state index in [1.165, 1.54) is 65.3 Å². The molecule has 0 nitrogen and oxygen atoms in total. The molecule has 0 aromatic heterocycles. The summed E-state index contributed by atoms with van der Waals surface area (Å²) in [5, 5.41) is 5.76. The standard InChI is InChI=1S/C46H44Si/c1-31(2)45(5)41-23-15-13-21-37(41)39-27-25-35(29-43(39)45)47(33-17-9-7-10-18-33,34-19-11-8-12-20-34)36-26-28-40-38-22-14-16-24-42(38)46(6,32(3)4)44(40)30-36/h7-32H,1-6H3/t45-,46+. The van der Waals surface area contributed by atoms with Crippen LogP contribution in [-0.4, -0.2) is 8.07 Å². The first kappa shape index (κ1) is 29.9. The van der Waals surface area contributed by atoms with Crippen LogP contribution in [0.2, 0.25) is 0 Å². The van der Waals surface area contributed by atoms with Gasteiger partial charge in [0.15, 0.2) is 8.07 Å². The van der Waals surface area contributed by atoms with Crippen LogP contribution in [0.15, 0.2) is 146 Å². The predicted octanol–water partition coefficient (Wildman–Crippen LogP) is 8.95. The summed E-state index contributed by atoms with van der Waals surface area (Å²) in [5.41, 5.74) is 11.3. The zero-order chi connectivity index (χ0) is 32.6. The van der Waals surface area contributed by atoms with E-state index in [1.54, 1.807) is 0 Å². The van der Waals surface area contributed by atoms with E-state index >= 15 is 0 Å². The average Bonchev–Trinajstić information content (AvgIpc) is 3.53. The van der Waals surface area contributed by atoms with Gasteiger partial charge in [-0.1, -0.05) is 187 Å². The molecule has 2 aliphatic carbocycles. The lowest BCUT2D eigenvalue weighted by Crippen LogP contribution is -2.75. The van der Waals surface area contributed by atoms with Crippen molar-refractivity contribution in [2.45, 2.75) is 52.4 Å². The maximum Gasteiger partial charge on any atom is 0.179 e. The van der Waals surface area contributed by atoms with Crippen molar-refractivity contribution in [3.8, 4) is 22.3 Å². The van der Waals surface area contributed by atoms with E-state index in [0.29, 0.717) is 11.8 Å². The van der Waals surface area contributed by atoms with Gasteiger partial charge in [0.1, 0.15) is 0 Å². The zero-order valence-electron chi connectivity index (χ0n) is 28.5. The Morgan fingerprint density at radius 3 is 1.09 bits per heavy atom. The Morgan fingerprint density at radius 1 is 0.362 bits per heavy atom. The van der Waals surface area contributed by atoms with Crippen molar-refractivity contribution in [2.24, 2.45) is 11.8 Å². The normalized spacial score (nSPS) is 19.4. The minimum atomic E-state index is -2.79. The molecule has 0 heterocycles. The molecule has 6 aromatic rings. The monoisotopic (exact) mass is 624 g/mol. The van der Waals surface area contributed by atoms with E-state index in [4.69, 9.17) is 0 Å². The number of fused-ring (bicyclic) bond motifs is 6. The number of benzene rings is 6. The Morgan fingerprint density at radius 2 is 0.702 bits per heavy atom. The summed E-state index contributed by atoms with van der Waals surface area (Å²) >= 11 is 0. The lowest BCUT2D eigenvalue weighted by molar-refractivity contribution is 0.414. The molecule has 0 amide bonds. The van der Waals surface area contributed by atoms with Crippen molar-refractivity contribution in [1.82, 2.24) is 0 Å². The highest BCUT2D eigenvalue weighted by Crippen LogP contribution is 2.53. The van der Waals surface area contributed by atoms with Crippen molar-refractivity contribution in [3.63, 3.8) is 0 Å². The van der Waals surface area contributed by atoms with Gasteiger partial charge >= 0.3 is 0 Å². The average molecular weight is 625 g/mol. The van der Waals surface area contributed by atoms with Crippen LogP contribution in [0.3, 0.4) is 0 Å². The summed E-state index contributed by atoms with van der Waals surface area (Å²) in [6, 6.07) is 56.2. The Balaban J connectivity index is 1.47. The summed E-state index contributed by atoms with van der Waals surface area (Å²) in [6.07, 6.45) is 0. The van der Waals surface area contributed by atoms with Crippen LogP contribution in [-0.2, 0) is 10.8 Å². The molecule has 0 fully saturated rings. The maximum atomic E-state index is 2.63. The van der Waals surface area contributed by atoms with Crippen LogP contribution in [0.25, 0.3) is 22.3 Å². The molecule has 0 aliphatic heterocycles. The van der Waals surface area contributed by atoms with E-state index in [2.05, 4.69) is 187 Å². The van der Waals surface area contributed by atoms with Crippen molar-refractivity contribution >= 4 is 28.8 Å². The van der Waals surface area contributed by atoms with Gasteiger partial charge in [-0.2, -0.15) is 0 Å². The first-order valence-electron chi connectivity index (χ1n) is 17.3. The van der Waals surface area contributed by atoms with Crippen molar-refractivity contribution in [2.75, 3.05) is 0 Å². The van der Waals surface area contributed by atoms with Gasteiger partial charge in [-0.3, -0.25) is 0 Å². The number of hydrogen-bond donors (Lipinski definition) is 0. The minimum absolute atomic E-state index is 0.0642. The quantitative estimate of drug-likeness (QED) is 0.128. The van der Waals surface area contributed by atoms with Gasteiger partial charge in [-0.15, -0.1) is 0 Å². The van der Waals surface area contributed by atoms with E-state index in [9.17, 15) is 0 Å². The van der Waals surface area contributed by atoms with E-state index in [0.717, 1.165) is 0 Å². The van der Waals surface area contributed by atoms with Crippen LogP contribution in [0.1, 0.15) is 63.8 Å². The highest BCUT2D eigenvalue weighted by Gasteiger charge is 2.48. The van der Waals surface area contributed by atoms with Crippen molar-refractivity contribution in [1.29, 1.82) is 0 Å². The lowest BCUT2D eigenvalue weighted by Gasteiger charge is -2.38. The Hall–Kier alpha value is -4.46. The third-order valence-electron chi connectivity index (χ3n) is 12.3. The summed E-state index contributed by atoms with van der Waals surface area (Å²) in [6.45, 7) is 14.5. The second-order valence-electron chi connectivity index (χ2n) is 14.8. The molecule has 47 heavy (non-hydrogen) atoms. The molecule has 1 heteroatoms. The SMILES string of the molecule is CC(C)[C@@]1(C)c2ccccc2-c2ccc([Si](c3ccccc3)(c3ccccc3)c3ccc4c(c3)[C@](C)(C(C)C)c3ccccc3-4)cc21. The fourth-order valence-corrected chi connectivity index (χ4v) is 13.9. The molecule has 2 atom stereocenters. The third-order valence-corrected chi connectivity index (χ3v) is 17.1. The molecular weight excluding hydrogens is 581 g/mol. The second-order valence-corrected chi connectivity index (χ2v) is 18.6. The van der Waals surface area contributed by atoms with Gasteiger partial charge in [0.25, 0.3) is 0 Å². The molecule has 0 bridgehead atoms. The van der Waals surface area contributed by atoms with Gasteiger partial charge in [0.05, 0.1) is 0 Å². The van der Waals surface area contributed by atoms with Gasteiger partial charge in [0, 0.05) is 10.8 Å².